The van der Waals surface area contributed by atoms with Gasteiger partial charge in [0, 0.05) is 21.9 Å². The van der Waals surface area contributed by atoms with Crippen LogP contribution in [-0.2, 0) is 5.41 Å². The van der Waals surface area contributed by atoms with Crippen LogP contribution in [0.3, 0.4) is 0 Å². The Morgan fingerprint density at radius 1 is 0.543 bits per heavy atom. The Balaban J connectivity index is 1.41. The van der Waals surface area contributed by atoms with Crippen LogP contribution in [0.25, 0.3) is 33.1 Å². The van der Waals surface area contributed by atoms with E-state index in [1.165, 1.54) is 33.6 Å². The van der Waals surface area contributed by atoms with Crippen LogP contribution in [0.2, 0.25) is 0 Å². The van der Waals surface area contributed by atoms with E-state index >= 15 is 0 Å². The Bertz CT molecular complexity index is 1690. The molecule has 7 rings (SSSR count). The molecule has 1 aliphatic rings. The molecule has 168 valence electrons. The van der Waals surface area contributed by atoms with E-state index in [1.807, 2.05) is 12.1 Å². The molecule has 0 bridgehead atoms. The Kier molecular flexibility index (Phi) is 4.22. The fourth-order valence-electron chi connectivity index (χ4n) is 5.68. The van der Waals surface area contributed by atoms with E-state index in [2.05, 4.69) is 122 Å². The third-order valence-electron chi connectivity index (χ3n) is 7.45. The molecule has 0 fully saturated rings. The second kappa shape index (κ2) is 7.35. The maximum Gasteiger partial charge on any atom is 0.135 e. The third-order valence-corrected chi connectivity index (χ3v) is 7.45. The van der Waals surface area contributed by atoms with Crippen molar-refractivity contribution in [3.8, 4) is 11.1 Å². The van der Waals surface area contributed by atoms with Gasteiger partial charge in [-0.15, -0.1) is 0 Å². The van der Waals surface area contributed by atoms with Gasteiger partial charge in [-0.25, -0.2) is 0 Å². The first kappa shape index (κ1) is 20.1. The Morgan fingerprint density at radius 3 is 1.94 bits per heavy atom. The smallest absolute Gasteiger partial charge is 0.135 e. The van der Waals surface area contributed by atoms with Gasteiger partial charge in [0.05, 0.1) is 11.4 Å². The lowest BCUT2D eigenvalue weighted by atomic mass is 9.73. The molecule has 35 heavy (non-hydrogen) atoms. The van der Waals surface area contributed by atoms with Gasteiger partial charge in [-0.05, 0) is 64.7 Å². The summed E-state index contributed by atoms with van der Waals surface area (Å²) in [6.45, 7) is 4.64. The molecule has 0 atom stereocenters. The molecular weight excluding hydrogens is 426 g/mol. The highest BCUT2D eigenvalue weighted by Crippen LogP contribution is 2.51. The second-order valence-electron chi connectivity index (χ2n) is 9.85. The van der Waals surface area contributed by atoms with Crippen LogP contribution < -0.4 is 4.90 Å². The van der Waals surface area contributed by atoms with Crippen molar-refractivity contribution in [2.75, 3.05) is 4.90 Å². The largest absolute Gasteiger partial charge is 0.456 e. The first-order valence-electron chi connectivity index (χ1n) is 12.1. The van der Waals surface area contributed by atoms with Crippen molar-refractivity contribution >= 4 is 39.0 Å². The maximum absolute atomic E-state index is 6.05. The lowest BCUT2D eigenvalue weighted by Crippen LogP contribution is -2.30. The van der Waals surface area contributed by atoms with Gasteiger partial charge in [0.1, 0.15) is 11.2 Å². The first-order chi connectivity index (χ1) is 17.1. The molecule has 2 heterocycles. The highest BCUT2D eigenvalue weighted by molar-refractivity contribution is 6.06. The SMILES string of the molecule is CC1(C)c2ccccc2N(c2cccc(-c3ccc4oc5ccccc5c4c3)c2)c2ccccc21. The van der Waals surface area contributed by atoms with Crippen molar-refractivity contribution in [3.05, 3.63) is 126 Å². The first-order valence-corrected chi connectivity index (χ1v) is 12.1. The number of anilines is 3. The molecule has 2 nitrogen and oxygen atoms in total. The molecule has 2 heteroatoms. The van der Waals surface area contributed by atoms with Crippen LogP contribution in [0.5, 0.6) is 0 Å². The highest BCUT2D eigenvalue weighted by Gasteiger charge is 2.36. The number of benzene rings is 5. The molecule has 0 aliphatic carbocycles. The monoisotopic (exact) mass is 451 g/mol. The molecule has 1 aromatic heterocycles. The van der Waals surface area contributed by atoms with Gasteiger partial charge < -0.3 is 9.32 Å². The van der Waals surface area contributed by atoms with Crippen molar-refractivity contribution in [3.63, 3.8) is 0 Å². The van der Waals surface area contributed by atoms with Gasteiger partial charge in [-0.3, -0.25) is 0 Å². The van der Waals surface area contributed by atoms with Gasteiger partial charge in [-0.1, -0.05) is 86.6 Å². The molecule has 1 aliphatic heterocycles. The van der Waals surface area contributed by atoms with E-state index in [-0.39, 0.29) is 5.41 Å². The van der Waals surface area contributed by atoms with E-state index in [4.69, 9.17) is 4.42 Å². The van der Waals surface area contributed by atoms with E-state index in [0.717, 1.165) is 27.6 Å². The molecule has 0 N–H and O–H groups in total. The Hall–Kier alpha value is -4.30. The molecule has 6 aromatic rings. The number of fused-ring (bicyclic) bond motifs is 5. The van der Waals surface area contributed by atoms with Crippen molar-refractivity contribution in [2.45, 2.75) is 19.3 Å². The van der Waals surface area contributed by atoms with Crippen LogP contribution in [-0.4, -0.2) is 0 Å². The molecular formula is C33H25NO. The summed E-state index contributed by atoms with van der Waals surface area (Å²) >= 11 is 0. The number of rotatable bonds is 2. The lowest BCUT2D eigenvalue weighted by Gasteiger charge is -2.42. The second-order valence-corrected chi connectivity index (χ2v) is 9.85. The number of furan rings is 1. The minimum Gasteiger partial charge on any atom is -0.456 e. The van der Waals surface area contributed by atoms with Crippen molar-refractivity contribution < 1.29 is 4.42 Å². The van der Waals surface area contributed by atoms with Crippen LogP contribution in [0.4, 0.5) is 17.1 Å². The third kappa shape index (κ3) is 2.96. The molecule has 0 amide bonds. The molecule has 0 spiro atoms. The molecule has 0 unspecified atom stereocenters. The summed E-state index contributed by atoms with van der Waals surface area (Å²) in [5, 5.41) is 2.31. The van der Waals surface area contributed by atoms with Gasteiger partial charge in [0.2, 0.25) is 0 Å². The fraction of sp³-hybridized carbons (Fsp3) is 0.0909. The number of nitrogens with zero attached hydrogens (tertiary/aromatic N) is 1. The average molecular weight is 452 g/mol. The van der Waals surface area contributed by atoms with Gasteiger partial charge in [0.25, 0.3) is 0 Å². The van der Waals surface area contributed by atoms with Crippen LogP contribution in [0.15, 0.2) is 120 Å². The summed E-state index contributed by atoms with van der Waals surface area (Å²) in [7, 11) is 0. The van der Waals surface area contributed by atoms with Crippen LogP contribution >= 0.6 is 0 Å². The lowest BCUT2D eigenvalue weighted by molar-refractivity contribution is 0.632. The summed E-state index contributed by atoms with van der Waals surface area (Å²) < 4.78 is 6.05. The number of para-hydroxylation sites is 3. The molecule has 0 radical (unpaired) electrons. The summed E-state index contributed by atoms with van der Waals surface area (Å²) in [5.41, 5.74) is 10.5. The summed E-state index contributed by atoms with van der Waals surface area (Å²) in [6, 6.07) is 41.2. The topological polar surface area (TPSA) is 16.4 Å². The quantitative estimate of drug-likeness (QED) is 0.261. The minimum absolute atomic E-state index is 0.0608. The normalized spacial score (nSPS) is 14.2. The van der Waals surface area contributed by atoms with E-state index in [9.17, 15) is 0 Å². The number of hydrogen-bond donors (Lipinski definition) is 0. The van der Waals surface area contributed by atoms with Gasteiger partial charge in [-0.2, -0.15) is 0 Å². The Morgan fingerprint density at radius 2 is 1.17 bits per heavy atom. The van der Waals surface area contributed by atoms with E-state index in [1.54, 1.807) is 0 Å². The predicted octanol–water partition coefficient (Wildman–Crippen LogP) is 9.36. The zero-order valence-corrected chi connectivity index (χ0v) is 19.8. The maximum atomic E-state index is 6.05. The highest BCUT2D eigenvalue weighted by atomic mass is 16.3. The standard InChI is InChI=1S/C33H25NO/c1-33(2)27-13-4-6-15-29(27)34(30-16-7-5-14-28(30)33)24-11-9-10-22(20-24)23-18-19-32-26(21-23)25-12-3-8-17-31(25)35-32/h3-21H,1-2H3. The van der Waals surface area contributed by atoms with Crippen LogP contribution in [0, 0.1) is 0 Å². The predicted molar refractivity (Wildman–Crippen MR) is 146 cm³/mol. The van der Waals surface area contributed by atoms with E-state index < -0.39 is 0 Å². The van der Waals surface area contributed by atoms with Crippen molar-refractivity contribution in [2.24, 2.45) is 0 Å². The molecule has 0 saturated carbocycles. The number of hydrogen-bond acceptors (Lipinski definition) is 2. The summed E-state index contributed by atoms with van der Waals surface area (Å²) in [6.07, 6.45) is 0. The molecule has 0 saturated heterocycles. The zero-order chi connectivity index (χ0) is 23.6. The minimum atomic E-state index is -0.0608. The average Bonchev–Trinajstić information content (AvgIpc) is 3.27. The summed E-state index contributed by atoms with van der Waals surface area (Å²) in [5.74, 6) is 0. The van der Waals surface area contributed by atoms with E-state index in [0.29, 0.717) is 0 Å². The van der Waals surface area contributed by atoms with Crippen LogP contribution in [0.1, 0.15) is 25.0 Å². The van der Waals surface area contributed by atoms with Gasteiger partial charge >= 0.3 is 0 Å². The molecule has 5 aromatic carbocycles. The van der Waals surface area contributed by atoms with Gasteiger partial charge in [0.15, 0.2) is 0 Å². The summed E-state index contributed by atoms with van der Waals surface area (Å²) in [4.78, 5) is 2.41. The zero-order valence-electron chi connectivity index (χ0n) is 19.8. The van der Waals surface area contributed by atoms with Crippen molar-refractivity contribution in [1.29, 1.82) is 0 Å². The van der Waals surface area contributed by atoms with Crippen molar-refractivity contribution in [1.82, 2.24) is 0 Å². The fourth-order valence-corrected chi connectivity index (χ4v) is 5.68. The Labute approximate surface area is 205 Å².